The topological polar surface area (TPSA) is 103 Å². The number of aliphatic imine (C=N–C) groups is 1. The van der Waals surface area contributed by atoms with E-state index in [9.17, 15) is 26.4 Å². The van der Waals surface area contributed by atoms with Gasteiger partial charge in [-0.1, -0.05) is 12.1 Å². The van der Waals surface area contributed by atoms with Crippen molar-refractivity contribution < 1.29 is 31.1 Å². The highest BCUT2D eigenvalue weighted by Crippen LogP contribution is 2.26. The lowest BCUT2D eigenvalue weighted by Gasteiger charge is -2.10. The first-order chi connectivity index (χ1) is 16.0. The zero-order valence-electron chi connectivity index (χ0n) is 17.8. The Morgan fingerprint density at radius 2 is 1.74 bits per heavy atom. The standard InChI is InChI=1S/C22H19F3N4O4S/c1-15(14-29-12-11-27-21(29)26-2)20(30)28-13-16-3-7-18(8-4-16)34(31,32)19-9-5-17(6-10-19)33-22(23,24)25/h3-12,14H,2,13H2,1H3,(H,28,30)/b15-14+. The first kappa shape index (κ1) is 24.7. The van der Waals surface area contributed by atoms with E-state index in [1.807, 2.05) is 0 Å². The van der Waals surface area contributed by atoms with Crippen LogP contribution in [0.4, 0.5) is 19.1 Å². The maximum atomic E-state index is 12.7. The minimum Gasteiger partial charge on any atom is -0.406 e. The summed E-state index contributed by atoms with van der Waals surface area (Å²) in [5.41, 5.74) is 1.03. The van der Waals surface area contributed by atoms with E-state index in [1.165, 1.54) is 30.5 Å². The number of ether oxygens (including phenoxy) is 1. The summed E-state index contributed by atoms with van der Waals surface area (Å²) in [5.74, 6) is -0.528. The van der Waals surface area contributed by atoms with Gasteiger partial charge in [-0.05, 0) is 55.6 Å². The van der Waals surface area contributed by atoms with Crippen molar-refractivity contribution in [2.24, 2.45) is 4.99 Å². The van der Waals surface area contributed by atoms with Crippen LogP contribution in [-0.2, 0) is 21.2 Å². The molecule has 0 bridgehead atoms. The normalized spacial score (nSPS) is 12.3. The van der Waals surface area contributed by atoms with E-state index in [-0.39, 0.29) is 22.2 Å². The molecule has 0 saturated carbocycles. The molecule has 2 aromatic carbocycles. The van der Waals surface area contributed by atoms with E-state index in [0.29, 0.717) is 17.1 Å². The van der Waals surface area contributed by atoms with E-state index in [4.69, 9.17) is 0 Å². The molecule has 1 amide bonds. The van der Waals surface area contributed by atoms with E-state index in [1.54, 1.807) is 23.9 Å². The van der Waals surface area contributed by atoms with Crippen molar-refractivity contribution >= 4 is 34.6 Å². The third kappa shape index (κ3) is 6.10. The van der Waals surface area contributed by atoms with Gasteiger partial charge >= 0.3 is 6.36 Å². The van der Waals surface area contributed by atoms with Gasteiger partial charge in [-0.25, -0.2) is 18.4 Å². The highest BCUT2D eigenvalue weighted by atomic mass is 32.2. The second-order valence-corrected chi connectivity index (χ2v) is 8.90. The molecule has 3 rings (SSSR count). The van der Waals surface area contributed by atoms with Gasteiger partial charge in [0.1, 0.15) is 5.75 Å². The fourth-order valence-electron chi connectivity index (χ4n) is 2.86. The van der Waals surface area contributed by atoms with Gasteiger partial charge in [0.15, 0.2) is 0 Å². The van der Waals surface area contributed by atoms with Crippen molar-refractivity contribution in [3.05, 3.63) is 72.1 Å². The Kier molecular flexibility index (Phi) is 7.20. The molecule has 0 spiro atoms. The number of imidazole rings is 1. The minimum absolute atomic E-state index is 0.0484. The van der Waals surface area contributed by atoms with Gasteiger partial charge in [0.2, 0.25) is 21.7 Å². The first-order valence-electron chi connectivity index (χ1n) is 9.65. The number of carbonyl (C=O) groups is 1. The molecule has 178 valence electrons. The van der Waals surface area contributed by atoms with E-state index in [0.717, 1.165) is 24.3 Å². The molecule has 0 aliphatic heterocycles. The maximum Gasteiger partial charge on any atom is 0.573 e. The molecule has 8 nitrogen and oxygen atoms in total. The summed E-state index contributed by atoms with van der Waals surface area (Å²) in [4.78, 5) is 19.8. The number of aromatic nitrogens is 2. The van der Waals surface area contributed by atoms with Gasteiger partial charge in [0, 0.05) is 30.7 Å². The highest BCUT2D eigenvalue weighted by Gasteiger charge is 2.31. The minimum atomic E-state index is -4.87. The molecule has 0 radical (unpaired) electrons. The van der Waals surface area contributed by atoms with Crippen LogP contribution in [0, 0.1) is 0 Å². The molecular weight excluding hydrogens is 473 g/mol. The fourth-order valence-corrected chi connectivity index (χ4v) is 4.12. The lowest BCUT2D eigenvalue weighted by atomic mass is 10.2. The van der Waals surface area contributed by atoms with Gasteiger partial charge < -0.3 is 10.1 Å². The number of amides is 1. The molecule has 1 aromatic heterocycles. The second-order valence-electron chi connectivity index (χ2n) is 6.95. The van der Waals surface area contributed by atoms with Gasteiger partial charge in [-0.2, -0.15) is 0 Å². The molecule has 1 N–H and O–H groups in total. The Morgan fingerprint density at radius 1 is 1.15 bits per heavy atom. The Labute approximate surface area is 193 Å². The number of nitrogens with one attached hydrogen (secondary N) is 1. The van der Waals surface area contributed by atoms with Gasteiger partial charge in [-0.15, -0.1) is 13.2 Å². The monoisotopic (exact) mass is 492 g/mol. The molecule has 0 saturated heterocycles. The van der Waals surface area contributed by atoms with E-state index >= 15 is 0 Å². The zero-order valence-corrected chi connectivity index (χ0v) is 18.6. The highest BCUT2D eigenvalue weighted by molar-refractivity contribution is 7.91. The van der Waals surface area contributed by atoms with Crippen molar-refractivity contribution in [1.82, 2.24) is 14.9 Å². The molecule has 0 unspecified atom stereocenters. The van der Waals surface area contributed by atoms with Crippen LogP contribution >= 0.6 is 0 Å². The molecular formula is C22H19F3N4O4S. The predicted molar refractivity (Wildman–Crippen MR) is 118 cm³/mol. The van der Waals surface area contributed by atoms with Crippen molar-refractivity contribution in [3.63, 3.8) is 0 Å². The summed E-state index contributed by atoms with van der Waals surface area (Å²) in [5, 5.41) is 2.72. The number of hydrogen-bond donors (Lipinski definition) is 1. The quantitative estimate of drug-likeness (QED) is 0.376. The van der Waals surface area contributed by atoms with Crippen LogP contribution in [-0.4, -0.2) is 37.0 Å². The number of rotatable bonds is 8. The first-order valence-corrected chi connectivity index (χ1v) is 11.1. The number of alkyl halides is 3. The second kappa shape index (κ2) is 9.91. The van der Waals surface area contributed by atoms with Gasteiger partial charge in [0.05, 0.1) is 9.79 Å². The maximum absolute atomic E-state index is 12.7. The van der Waals surface area contributed by atoms with Crippen molar-refractivity contribution in [2.75, 3.05) is 0 Å². The Morgan fingerprint density at radius 3 is 2.29 bits per heavy atom. The summed E-state index contributed by atoms with van der Waals surface area (Å²) in [6, 6.07) is 9.70. The average Bonchev–Trinajstić information content (AvgIpc) is 3.24. The van der Waals surface area contributed by atoms with Crippen molar-refractivity contribution in [1.29, 1.82) is 0 Å². The third-order valence-electron chi connectivity index (χ3n) is 4.53. The molecule has 0 aliphatic rings. The summed E-state index contributed by atoms with van der Waals surface area (Å²) in [6.07, 6.45) is -0.180. The predicted octanol–water partition coefficient (Wildman–Crippen LogP) is 4.12. The van der Waals surface area contributed by atoms with Crippen LogP contribution in [0.2, 0.25) is 0 Å². The molecule has 3 aromatic rings. The number of nitrogens with zero attached hydrogens (tertiary/aromatic N) is 3. The lowest BCUT2D eigenvalue weighted by Crippen LogP contribution is -2.23. The van der Waals surface area contributed by atoms with Crippen LogP contribution in [0.15, 0.2) is 81.3 Å². The Hall–Kier alpha value is -3.93. The Balaban J connectivity index is 1.65. The van der Waals surface area contributed by atoms with Crippen LogP contribution in [0.3, 0.4) is 0 Å². The van der Waals surface area contributed by atoms with Crippen LogP contribution < -0.4 is 10.1 Å². The van der Waals surface area contributed by atoms with Crippen LogP contribution in [0.25, 0.3) is 6.20 Å². The van der Waals surface area contributed by atoms with Crippen molar-refractivity contribution in [2.45, 2.75) is 29.6 Å². The summed E-state index contributed by atoms with van der Waals surface area (Å²) in [6.45, 7) is 5.16. The summed E-state index contributed by atoms with van der Waals surface area (Å²) >= 11 is 0. The molecule has 0 aliphatic carbocycles. The molecule has 12 heteroatoms. The SMILES string of the molecule is C=Nc1nccn1/C=C(\C)C(=O)NCc1ccc(S(=O)(=O)c2ccc(OC(F)(F)F)cc2)cc1. The number of halogens is 3. The lowest BCUT2D eigenvalue weighted by molar-refractivity contribution is -0.274. The van der Waals surface area contributed by atoms with E-state index in [2.05, 4.69) is 26.7 Å². The molecule has 0 fully saturated rings. The van der Waals surface area contributed by atoms with E-state index < -0.39 is 21.9 Å². The smallest absolute Gasteiger partial charge is 0.406 e. The van der Waals surface area contributed by atoms with Crippen LogP contribution in [0.5, 0.6) is 5.75 Å². The molecule has 0 atom stereocenters. The molecule has 1 heterocycles. The zero-order chi connectivity index (χ0) is 24.9. The van der Waals surface area contributed by atoms with Gasteiger partial charge in [-0.3, -0.25) is 9.36 Å². The third-order valence-corrected chi connectivity index (χ3v) is 6.32. The largest absolute Gasteiger partial charge is 0.573 e. The Bertz CT molecular complexity index is 1310. The number of hydrogen-bond acceptors (Lipinski definition) is 6. The number of sulfone groups is 1. The van der Waals surface area contributed by atoms with Crippen molar-refractivity contribution in [3.8, 4) is 5.75 Å². The van der Waals surface area contributed by atoms with Crippen LogP contribution in [0.1, 0.15) is 12.5 Å². The van der Waals surface area contributed by atoms with Gasteiger partial charge in [0.25, 0.3) is 0 Å². The number of carbonyl (C=O) groups excluding carboxylic acids is 1. The fraction of sp³-hybridized carbons (Fsp3) is 0.136. The summed E-state index contributed by atoms with van der Waals surface area (Å²) < 4.78 is 67.6. The molecule has 34 heavy (non-hydrogen) atoms. The number of benzene rings is 2. The average molecular weight is 492 g/mol. The summed E-state index contributed by atoms with van der Waals surface area (Å²) in [7, 11) is -3.95.